The molecule has 114 valence electrons. The summed E-state index contributed by atoms with van der Waals surface area (Å²) in [6, 6.07) is 0.397. The van der Waals surface area contributed by atoms with Crippen molar-refractivity contribution in [1.82, 2.24) is 14.6 Å². The monoisotopic (exact) mass is 376 g/mol. The molecule has 8 nitrogen and oxygen atoms in total. The van der Waals surface area contributed by atoms with Gasteiger partial charge in [-0.1, -0.05) is 0 Å². The lowest BCUT2D eigenvalue weighted by molar-refractivity contribution is -0.136. The average molecular weight is 377 g/mol. The van der Waals surface area contributed by atoms with Gasteiger partial charge in [0.25, 0.3) is 0 Å². The molecule has 0 spiro atoms. The highest BCUT2D eigenvalue weighted by molar-refractivity contribution is 9.10. The summed E-state index contributed by atoms with van der Waals surface area (Å²) in [5, 5.41) is 4.78. The van der Waals surface area contributed by atoms with Gasteiger partial charge in [0, 0.05) is 17.7 Å². The Kier molecular flexibility index (Phi) is 4.30. The largest absolute Gasteiger partial charge is 0.372 e. The highest BCUT2D eigenvalue weighted by Crippen LogP contribution is 2.27. The van der Waals surface area contributed by atoms with Crippen LogP contribution in [0.25, 0.3) is 0 Å². The number of anilines is 1. The summed E-state index contributed by atoms with van der Waals surface area (Å²) >= 11 is 3.16. The van der Waals surface area contributed by atoms with Crippen molar-refractivity contribution in [2.75, 3.05) is 18.9 Å². The molecule has 0 saturated carbocycles. The van der Waals surface area contributed by atoms with E-state index in [0.717, 1.165) is 4.31 Å². The van der Waals surface area contributed by atoms with Crippen LogP contribution in [0.3, 0.4) is 0 Å². The summed E-state index contributed by atoms with van der Waals surface area (Å²) in [7, 11) is -2.51. The number of hydrogen-bond donors (Lipinski definition) is 2. The predicted octanol–water partition coefficient (Wildman–Crippen LogP) is -0.0786. The number of piperazine rings is 1. The molecule has 21 heavy (non-hydrogen) atoms. The molecule has 0 bridgehead atoms. The molecule has 10 heteroatoms. The fraction of sp³-hybridized carbons (Fsp3) is 0.364. The molecule has 2 heterocycles. The van der Waals surface area contributed by atoms with Gasteiger partial charge in [-0.2, -0.15) is 4.31 Å². The minimum Gasteiger partial charge on any atom is -0.372 e. The maximum atomic E-state index is 12.7. The van der Waals surface area contributed by atoms with Crippen LogP contribution in [-0.4, -0.2) is 49.2 Å². The van der Waals surface area contributed by atoms with Crippen molar-refractivity contribution in [3.05, 3.63) is 16.7 Å². The summed E-state index contributed by atoms with van der Waals surface area (Å²) < 4.78 is 26.8. The molecule has 1 aliphatic heterocycles. The first-order valence-corrected chi connectivity index (χ1v) is 8.19. The third-order valence-corrected chi connectivity index (χ3v) is 5.38. The molecule has 1 saturated heterocycles. The van der Waals surface area contributed by atoms with Crippen LogP contribution in [0.4, 0.5) is 5.82 Å². The van der Waals surface area contributed by atoms with Crippen molar-refractivity contribution in [1.29, 1.82) is 0 Å². The number of nitrogens with one attached hydrogen (secondary N) is 2. The number of amides is 2. The fourth-order valence-electron chi connectivity index (χ4n) is 1.92. The standard InChI is InChI=1S/C11H13BrN4O4S/c1-6-11(18)15-9(17)5-16(6)21(19,20)8-3-7(12)4-14-10(8)13-2/h3-4,6H,5H2,1-2H3,(H,13,14)(H,15,17,18). The first kappa shape index (κ1) is 15.9. The van der Waals surface area contributed by atoms with E-state index in [4.69, 9.17) is 0 Å². The molecule has 0 radical (unpaired) electrons. The van der Waals surface area contributed by atoms with Crippen molar-refractivity contribution in [3.8, 4) is 0 Å². The van der Waals surface area contributed by atoms with E-state index >= 15 is 0 Å². The third-order valence-electron chi connectivity index (χ3n) is 3.02. The number of rotatable bonds is 3. The maximum absolute atomic E-state index is 12.7. The lowest BCUT2D eigenvalue weighted by Gasteiger charge is -2.31. The summed E-state index contributed by atoms with van der Waals surface area (Å²) in [6.07, 6.45) is 1.45. The van der Waals surface area contributed by atoms with Gasteiger partial charge in [-0.25, -0.2) is 13.4 Å². The van der Waals surface area contributed by atoms with Crippen molar-refractivity contribution in [2.45, 2.75) is 17.9 Å². The number of imide groups is 1. The van der Waals surface area contributed by atoms with Gasteiger partial charge in [-0.15, -0.1) is 0 Å². The Bertz CT molecular complexity index is 706. The zero-order chi connectivity index (χ0) is 15.8. The Morgan fingerprint density at radius 1 is 1.48 bits per heavy atom. The van der Waals surface area contributed by atoms with E-state index in [1.165, 1.54) is 26.2 Å². The highest BCUT2D eigenvalue weighted by Gasteiger charge is 2.40. The number of halogens is 1. The van der Waals surface area contributed by atoms with Crippen LogP contribution in [0, 0.1) is 0 Å². The SMILES string of the molecule is CNc1ncc(Br)cc1S(=O)(=O)N1CC(=O)NC(=O)C1C. The number of carbonyl (C=O) groups is 2. The molecular formula is C11H13BrN4O4S. The smallest absolute Gasteiger partial charge is 0.247 e. The van der Waals surface area contributed by atoms with Crippen LogP contribution < -0.4 is 10.6 Å². The highest BCUT2D eigenvalue weighted by atomic mass is 79.9. The number of aromatic nitrogens is 1. The Morgan fingerprint density at radius 2 is 2.14 bits per heavy atom. The number of pyridine rings is 1. The molecule has 0 aliphatic carbocycles. The minimum atomic E-state index is -4.05. The summed E-state index contributed by atoms with van der Waals surface area (Å²) in [5.74, 6) is -1.16. The topological polar surface area (TPSA) is 108 Å². The minimum absolute atomic E-state index is 0.103. The second-order valence-electron chi connectivity index (χ2n) is 4.39. The Balaban J connectivity index is 2.53. The molecule has 1 aliphatic rings. The van der Waals surface area contributed by atoms with Gasteiger partial charge in [-0.05, 0) is 28.9 Å². The molecule has 1 fully saturated rings. The van der Waals surface area contributed by atoms with Crippen LogP contribution in [0.2, 0.25) is 0 Å². The van der Waals surface area contributed by atoms with Gasteiger partial charge in [-0.3, -0.25) is 14.9 Å². The second kappa shape index (κ2) is 5.70. The summed E-state index contributed by atoms with van der Waals surface area (Å²) in [5.41, 5.74) is 0. The van der Waals surface area contributed by atoms with Gasteiger partial charge in [0.1, 0.15) is 16.8 Å². The van der Waals surface area contributed by atoms with E-state index in [2.05, 4.69) is 31.5 Å². The summed E-state index contributed by atoms with van der Waals surface area (Å²) in [6.45, 7) is 1.01. The molecule has 1 aromatic heterocycles. The Morgan fingerprint density at radius 3 is 2.76 bits per heavy atom. The van der Waals surface area contributed by atoms with Crippen LogP contribution in [0.5, 0.6) is 0 Å². The number of hydrogen-bond acceptors (Lipinski definition) is 6. The number of sulfonamides is 1. The maximum Gasteiger partial charge on any atom is 0.247 e. The van der Waals surface area contributed by atoms with Crippen LogP contribution in [0.15, 0.2) is 21.6 Å². The zero-order valence-electron chi connectivity index (χ0n) is 11.3. The van der Waals surface area contributed by atoms with Gasteiger partial charge in [0.2, 0.25) is 21.8 Å². The number of nitrogens with zero attached hydrogens (tertiary/aromatic N) is 2. The van der Waals surface area contributed by atoms with Crippen molar-refractivity contribution >= 4 is 43.6 Å². The van der Waals surface area contributed by atoms with Crippen molar-refractivity contribution in [2.24, 2.45) is 0 Å². The average Bonchev–Trinajstić information content (AvgIpc) is 2.42. The van der Waals surface area contributed by atoms with Crippen LogP contribution in [-0.2, 0) is 19.6 Å². The van der Waals surface area contributed by atoms with Crippen LogP contribution in [0.1, 0.15) is 6.92 Å². The van der Waals surface area contributed by atoms with Crippen LogP contribution >= 0.6 is 15.9 Å². The van der Waals surface area contributed by atoms with Gasteiger partial charge >= 0.3 is 0 Å². The van der Waals surface area contributed by atoms with E-state index in [1.807, 2.05) is 0 Å². The Hall–Kier alpha value is -1.52. The fourth-order valence-corrected chi connectivity index (χ4v) is 4.12. The van der Waals surface area contributed by atoms with E-state index in [1.54, 1.807) is 0 Å². The van der Waals surface area contributed by atoms with E-state index in [0.29, 0.717) is 4.47 Å². The lowest BCUT2D eigenvalue weighted by atomic mass is 10.2. The van der Waals surface area contributed by atoms with E-state index in [9.17, 15) is 18.0 Å². The molecule has 2 amide bonds. The van der Waals surface area contributed by atoms with Crippen molar-refractivity contribution < 1.29 is 18.0 Å². The Labute approximate surface area is 130 Å². The zero-order valence-corrected chi connectivity index (χ0v) is 13.7. The third kappa shape index (κ3) is 2.92. The quantitative estimate of drug-likeness (QED) is 0.714. The molecule has 2 N–H and O–H groups in total. The first-order valence-electron chi connectivity index (χ1n) is 5.96. The van der Waals surface area contributed by atoms with E-state index in [-0.39, 0.29) is 10.7 Å². The summed E-state index contributed by atoms with van der Waals surface area (Å²) in [4.78, 5) is 27.0. The molecule has 0 aromatic carbocycles. The van der Waals surface area contributed by atoms with E-state index < -0.39 is 34.4 Å². The molecule has 2 rings (SSSR count). The molecule has 1 unspecified atom stereocenters. The lowest BCUT2D eigenvalue weighted by Crippen LogP contribution is -2.58. The van der Waals surface area contributed by atoms with Gasteiger partial charge in [0.05, 0.1) is 6.54 Å². The van der Waals surface area contributed by atoms with Crippen molar-refractivity contribution in [3.63, 3.8) is 0 Å². The van der Waals surface area contributed by atoms with Gasteiger partial charge in [0.15, 0.2) is 0 Å². The molecule has 1 aromatic rings. The van der Waals surface area contributed by atoms with Gasteiger partial charge < -0.3 is 5.32 Å². The molecule has 1 atom stereocenters. The first-order chi connectivity index (χ1) is 9.77. The predicted molar refractivity (Wildman–Crippen MR) is 78.0 cm³/mol. The normalized spacial score (nSPS) is 20.2. The molecular weight excluding hydrogens is 364 g/mol. The number of carbonyl (C=O) groups excluding carboxylic acids is 2. The second-order valence-corrected chi connectivity index (χ2v) is 7.16.